The summed E-state index contributed by atoms with van der Waals surface area (Å²) >= 11 is 0. The zero-order valence-electron chi connectivity index (χ0n) is 9.46. The normalized spacial score (nSPS) is 29.5. The van der Waals surface area contributed by atoms with Crippen LogP contribution in [0.4, 0.5) is 0 Å². The predicted molar refractivity (Wildman–Crippen MR) is 59.0 cm³/mol. The van der Waals surface area contributed by atoms with Gasteiger partial charge in [-0.15, -0.1) is 0 Å². The largest absolute Gasteiger partial charge is 0.481 e. The highest BCUT2D eigenvalue weighted by Crippen LogP contribution is 2.26. The molecule has 1 saturated heterocycles. The molecule has 1 N–H and O–H groups in total. The summed E-state index contributed by atoms with van der Waals surface area (Å²) in [7, 11) is 0. The van der Waals surface area contributed by atoms with Crippen molar-refractivity contribution in [2.45, 2.75) is 38.1 Å². The molecule has 1 aliphatic heterocycles. The van der Waals surface area contributed by atoms with Gasteiger partial charge in [0.1, 0.15) is 0 Å². The molecular weight excluding hydrogens is 222 g/mol. The van der Waals surface area contributed by atoms with Gasteiger partial charge in [-0.05, 0) is 19.3 Å². The van der Waals surface area contributed by atoms with Crippen LogP contribution in [0.3, 0.4) is 0 Å². The van der Waals surface area contributed by atoms with Crippen LogP contribution in [0.5, 0.6) is 0 Å². The number of carbonyl (C=O) groups is 3. The van der Waals surface area contributed by atoms with Crippen LogP contribution in [0, 0.1) is 5.92 Å². The number of hydrogen-bond donors (Lipinski definition) is 1. The molecule has 2 atom stereocenters. The third-order valence-electron chi connectivity index (χ3n) is 3.28. The minimum atomic E-state index is -0.904. The van der Waals surface area contributed by atoms with Gasteiger partial charge in [0.25, 0.3) is 0 Å². The predicted octanol–water partition coefficient (Wildman–Crippen LogP) is 0.945. The van der Waals surface area contributed by atoms with E-state index < -0.39 is 11.9 Å². The molecule has 0 radical (unpaired) electrons. The van der Waals surface area contributed by atoms with E-state index >= 15 is 0 Å². The maximum Gasteiger partial charge on any atom is 0.310 e. The van der Waals surface area contributed by atoms with Gasteiger partial charge in [0.15, 0.2) is 0 Å². The third kappa shape index (κ3) is 2.38. The Hall–Kier alpha value is -1.65. The Morgan fingerprint density at radius 3 is 2.24 bits per heavy atom. The van der Waals surface area contributed by atoms with Crippen molar-refractivity contribution in [3.05, 3.63) is 12.2 Å². The van der Waals surface area contributed by atoms with E-state index in [1.54, 1.807) is 12.2 Å². The van der Waals surface area contributed by atoms with Crippen LogP contribution in [0.15, 0.2) is 12.2 Å². The number of aliphatic carboxylic acids is 1. The van der Waals surface area contributed by atoms with E-state index in [2.05, 4.69) is 0 Å². The van der Waals surface area contributed by atoms with Crippen LogP contribution in [-0.2, 0) is 14.4 Å². The van der Waals surface area contributed by atoms with Crippen LogP contribution < -0.4 is 0 Å². The molecule has 2 aliphatic rings. The van der Waals surface area contributed by atoms with E-state index in [0.717, 1.165) is 12.8 Å². The summed E-state index contributed by atoms with van der Waals surface area (Å²) in [5, 5.41) is 8.88. The standard InChI is InChI=1S/C12H15NO4/c14-10-3-1-2-4-11(15)13(10)9-6-5-8(7-9)12(16)17/h5-6,8-9H,1-4,7H2,(H,16,17). The van der Waals surface area contributed by atoms with E-state index in [1.165, 1.54) is 4.90 Å². The Balaban J connectivity index is 2.11. The fourth-order valence-electron chi connectivity index (χ4n) is 2.36. The number of rotatable bonds is 2. The SMILES string of the molecule is O=C(O)C1C=CC(N2C(=O)CCCCC2=O)C1. The summed E-state index contributed by atoms with van der Waals surface area (Å²) < 4.78 is 0. The second kappa shape index (κ2) is 4.69. The molecule has 0 aromatic carbocycles. The molecule has 0 saturated carbocycles. The lowest BCUT2D eigenvalue weighted by molar-refractivity contribution is -0.147. The monoisotopic (exact) mass is 237 g/mol. The van der Waals surface area contributed by atoms with Gasteiger partial charge in [0.2, 0.25) is 11.8 Å². The number of hydrogen-bond acceptors (Lipinski definition) is 3. The highest BCUT2D eigenvalue weighted by molar-refractivity contribution is 5.96. The van der Waals surface area contributed by atoms with Gasteiger partial charge in [0.05, 0.1) is 12.0 Å². The fourth-order valence-corrected chi connectivity index (χ4v) is 2.36. The number of nitrogens with zero attached hydrogens (tertiary/aromatic N) is 1. The maximum absolute atomic E-state index is 11.8. The molecule has 1 fully saturated rings. The lowest BCUT2D eigenvalue weighted by atomic mass is 10.1. The van der Waals surface area contributed by atoms with Crippen LogP contribution in [0.25, 0.3) is 0 Å². The highest BCUT2D eigenvalue weighted by Gasteiger charge is 2.35. The molecule has 17 heavy (non-hydrogen) atoms. The quantitative estimate of drug-likeness (QED) is 0.573. The summed E-state index contributed by atoms with van der Waals surface area (Å²) in [6.07, 6.45) is 5.78. The first-order chi connectivity index (χ1) is 8.09. The summed E-state index contributed by atoms with van der Waals surface area (Å²) in [6.45, 7) is 0. The molecule has 2 rings (SSSR count). The second-order valence-corrected chi connectivity index (χ2v) is 4.50. The first kappa shape index (κ1) is 11.8. The Kier molecular flexibility index (Phi) is 3.26. The van der Waals surface area contributed by atoms with Crippen molar-refractivity contribution in [2.75, 3.05) is 0 Å². The van der Waals surface area contributed by atoms with Crippen LogP contribution in [-0.4, -0.2) is 33.8 Å². The molecule has 2 unspecified atom stereocenters. The fraction of sp³-hybridized carbons (Fsp3) is 0.583. The highest BCUT2D eigenvalue weighted by atomic mass is 16.4. The molecule has 0 aromatic heterocycles. The Morgan fingerprint density at radius 1 is 1.18 bits per heavy atom. The number of carboxylic acids is 1. The summed E-state index contributed by atoms with van der Waals surface area (Å²) in [4.78, 5) is 35.7. The van der Waals surface area contributed by atoms with E-state index in [1.807, 2.05) is 0 Å². The number of imide groups is 1. The van der Waals surface area contributed by atoms with Crippen molar-refractivity contribution < 1.29 is 19.5 Å². The first-order valence-corrected chi connectivity index (χ1v) is 5.85. The van der Waals surface area contributed by atoms with Gasteiger partial charge in [-0.1, -0.05) is 12.2 Å². The molecule has 0 spiro atoms. The lowest BCUT2D eigenvalue weighted by Gasteiger charge is -2.25. The van der Waals surface area contributed by atoms with Crippen LogP contribution in [0.2, 0.25) is 0 Å². The van der Waals surface area contributed by atoms with Crippen molar-refractivity contribution in [3.63, 3.8) is 0 Å². The van der Waals surface area contributed by atoms with Crippen molar-refractivity contribution >= 4 is 17.8 Å². The average molecular weight is 237 g/mol. The van der Waals surface area contributed by atoms with E-state index in [-0.39, 0.29) is 17.9 Å². The Labute approximate surface area is 99.1 Å². The van der Waals surface area contributed by atoms with Gasteiger partial charge in [-0.2, -0.15) is 0 Å². The number of carboxylic acid groups (broad SMARTS) is 1. The lowest BCUT2D eigenvalue weighted by Crippen LogP contribution is -2.42. The van der Waals surface area contributed by atoms with E-state index in [4.69, 9.17) is 5.11 Å². The molecule has 0 aromatic rings. The zero-order chi connectivity index (χ0) is 12.4. The van der Waals surface area contributed by atoms with Crippen LogP contribution in [0.1, 0.15) is 32.1 Å². The van der Waals surface area contributed by atoms with E-state index in [9.17, 15) is 14.4 Å². The number of carbonyl (C=O) groups excluding carboxylic acids is 2. The van der Waals surface area contributed by atoms with Gasteiger partial charge in [0, 0.05) is 12.8 Å². The second-order valence-electron chi connectivity index (χ2n) is 4.50. The van der Waals surface area contributed by atoms with Gasteiger partial charge in [-0.3, -0.25) is 19.3 Å². The molecule has 5 nitrogen and oxygen atoms in total. The Bertz CT molecular complexity index is 370. The topological polar surface area (TPSA) is 74.7 Å². The molecule has 1 aliphatic carbocycles. The Morgan fingerprint density at radius 2 is 1.76 bits per heavy atom. The van der Waals surface area contributed by atoms with Gasteiger partial charge >= 0.3 is 5.97 Å². The summed E-state index contributed by atoms with van der Waals surface area (Å²) in [5.41, 5.74) is 0. The summed E-state index contributed by atoms with van der Waals surface area (Å²) in [5.74, 6) is -1.83. The first-order valence-electron chi connectivity index (χ1n) is 5.85. The molecule has 1 heterocycles. The minimum Gasteiger partial charge on any atom is -0.481 e. The zero-order valence-corrected chi connectivity index (χ0v) is 9.46. The molecule has 2 amide bonds. The molecule has 5 heteroatoms. The van der Waals surface area contributed by atoms with Crippen molar-refractivity contribution in [3.8, 4) is 0 Å². The number of likely N-dealkylation sites (tertiary alicyclic amines) is 1. The minimum absolute atomic E-state index is 0.173. The van der Waals surface area contributed by atoms with E-state index in [0.29, 0.717) is 19.3 Å². The van der Waals surface area contributed by atoms with Crippen molar-refractivity contribution in [1.29, 1.82) is 0 Å². The van der Waals surface area contributed by atoms with Crippen LogP contribution >= 0.6 is 0 Å². The molecule has 0 bridgehead atoms. The molecular formula is C12H15NO4. The van der Waals surface area contributed by atoms with Crippen molar-refractivity contribution in [2.24, 2.45) is 5.92 Å². The van der Waals surface area contributed by atoms with Gasteiger partial charge < -0.3 is 5.11 Å². The third-order valence-corrected chi connectivity index (χ3v) is 3.28. The number of amides is 2. The summed E-state index contributed by atoms with van der Waals surface area (Å²) in [6, 6.07) is -0.366. The average Bonchev–Trinajstić information content (AvgIpc) is 2.68. The van der Waals surface area contributed by atoms with Gasteiger partial charge in [-0.25, -0.2) is 0 Å². The maximum atomic E-state index is 11.8. The smallest absolute Gasteiger partial charge is 0.310 e. The van der Waals surface area contributed by atoms with Crippen molar-refractivity contribution in [1.82, 2.24) is 4.90 Å². The molecule has 92 valence electrons.